The fraction of sp³-hybridized carbons (Fsp3) is 0.778. The maximum atomic E-state index is 11.4. The third-order valence-corrected chi connectivity index (χ3v) is 2.57. The van der Waals surface area contributed by atoms with Crippen LogP contribution in [0.4, 0.5) is 0 Å². The molecule has 0 aromatic heterocycles. The fourth-order valence-corrected chi connectivity index (χ4v) is 1.73. The third-order valence-electron chi connectivity index (χ3n) is 2.57. The van der Waals surface area contributed by atoms with Gasteiger partial charge in [0.25, 0.3) is 0 Å². The summed E-state index contributed by atoms with van der Waals surface area (Å²) < 4.78 is 0. The minimum Gasteiger partial charge on any atom is -0.339 e. The minimum atomic E-state index is -0.0410. The largest absolute Gasteiger partial charge is 0.339 e. The van der Waals surface area contributed by atoms with Crippen molar-refractivity contribution in [2.45, 2.75) is 19.9 Å². The molecule has 1 aliphatic heterocycles. The first-order valence-corrected chi connectivity index (χ1v) is 4.81. The van der Waals surface area contributed by atoms with E-state index in [-0.39, 0.29) is 24.4 Å². The van der Waals surface area contributed by atoms with E-state index in [0.29, 0.717) is 19.6 Å². The zero-order valence-electron chi connectivity index (χ0n) is 8.69. The molecule has 0 aliphatic carbocycles. The Kier molecular flexibility index (Phi) is 3.46. The molecular formula is C9H17N3O2. The summed E-state index contributed by atoms with van der Waals surface area (Å²) in [5, 5.41) is 0. The maximum absolute atomic E-state index is 11.4. The van der Waals surface area contributed by atoms with Crippen molar-refractivity contribution in [3.05, 3.63) is 0 Å². The van der Waals surface area contributed by atoms with Crippen molar-refractivity contribution in [3.63, 3.8) is 0 Å². The Morgan fingerprint density at radius 3 is 2.50 bits per heavy atom. The lowest BCUT2D eigenvalue weighted by atomic mass is 10.2. The van der Waals surface area contributed by atoms with Crippen LogP contribution in [0.2, 0.25) is 0 Å². The van der Waals surface area contributed by atoms with Crippen molar-refractivity contribution in [1.29, 1.82) is 0 Å². The molecule has 0 unspecified atom stereocenters. The summed E-state index contributed by atoms with van der Waals surface area (Å²) in [6.45, 7) is 5.35. The van der Waals surface area contributed by atoms with Crippen LogP contribution < -0.4 is 5.73 Å². The molecule has 0 spiro atoms. The molecule has 0 saturated carbocycles. The average molecular weight is 199 g/mol. The van der Waals surface area contributed by atoms with Crippen LogP contribution >= 0.6 is 0 Å². The van der Waals surface area contributed by atoms with Crippen LogP contribution in [0.5, 0.6) is 0 Å². The second-order valence-corrected chi connectivity index (χ2v) is 3.61. The van der Waals surface area contributed by atoms with E-state index in [4.69, 9.17) is 5.73 Å². The van der Waals surface area contributed by atoms with Gasteiger partial charge in [-0.1, -0.05) is 0 Å². The summed E-state index contributed by atoms with van der Waals surface area (Å²) in [4.78, 5) is 25.9. The van der Waals surface area contributed by atoms with Crippen molar-refractivity contribution in [2.75, 3.05) is 26.2 Å². The van der Waals surface area contributed by atoms with Gasteiger partial charge in [-0.3, -0.25) is 9.59 Å². The van der Waals surface area contributed by atoms with Gasteiger partial charge in [0, 0.05) is 32.6 Å². The first-order valence-electron chi connectivity index (χ1n) is 4.81. The van der Waals surface area contributed by atoms with Crippen LogP contribution in [0.1, 0.15) is 13.8 Å². The highest BCUT2D eigenvalue weighted by atomic mass is 16.2. The number of hydrogen-bond donors (Lipinski definition) is 1. The van der Waals surface area contributed by atoms with Gasteiger partial charge < -0.3 is 15.5 Å². The van der Waals surface area contributed by atoms with Crippen LogP contribution in [0.25, 0.3) is 0 Å². The number of amides is 2. The molecule has 0 bridgehead atoms. The van der Waals surface area contributed by atoms with Gasteiger partial charge in [0.2, 0.25) is 11.8 Å². The van der Waals surface area contributed by atoms with Crippen molar-refractivity contribution in [3.8, 4) is 0 Å². The summed E-state index contributed by atoms with van der Waals surface area (Å²) in [7, 11) is 0. The topological polar surface area (TPSA) is 66.6 Å². The molecule has 1 atom stereocenters. The number of hydrogen-bond acceptors (Lipinski definition) is 3. The van der Waals surface area contributed by atoms with Gasteiger partial charge in [-0.2, -0.15) is 0 Å². The Balaban J connectivity index is 2.56. The molecule has 14 heavy (non-hydrogen) atoms. The number of carbonyl (C=O) groups excluding carboxylic acids is 2. The Morgan fingerprint density at radius 1 is 1.43 bits per heavy atom. The van der Waals surface area contributed by atoms with E-state index >= 15 is 0 Å². The van der Waals surface area contributed by atoms with Crippen LogP contribution in [-0.4, -0.2) is 53.8 Å². The molecule has 5 nitrogen and oxygen atoms in total. The number of piperazine rings is 1. The van der Waals surface area contributed by atoms with Gasteiger partial charge in [-0.15, -0.1) is 0 Å². The molecule has 1 aliphatic rings. The molecule has 5 heteroatoms. The van der Waals surface area contributed by atoms with Crippen molar-refractivity contribution >= 4 is 11.8 Å². The second-order valence-electron chi connectivity index (χ2n) is 3.61. The number of nitrogens with two attached hydrogens (primary N) is 1. The summed E-state index contributed by atoms with van der Waals surface area (Å²) >= 11 is 0. The highest BCUT2D eigenvalue weighted by Gasteiger charge is 2.27. The predicted molar refractivity (Wildman–Crippen MR) is 52.5 cm³/mol. The van der Waals surface area contributed by atoms with Gasteiger partial charge >= 0.3 is 0 Å². The van der Waals surface area contributed by atoms with Crippen LogP contribution in [-0.2, 0) is 9.59 Å². The smallest absolute Gasteiger partial charge is 0.236 e. The minimum absolute atomic E-state index is 0.0410. The number of carbonyl (C=O) groups is 2. The Labute approximate surface area is 83.8 Å². The van der Waals surface area contributed by atoms with E-state index in [9.17, 15) is 9.59 Å². The molecule has 0 radical (unpaired) electrons. The molecule has 80 valence electrons. The molecule has 2 N–H and O–H groups in total. The molecule has 1 saturated heterocycles. The van der Waals surface area contributed by atoms with E-state index in [1.165, 1.54) is 0 Å². The first kappa shape index (κ1) is 11.0. The predicted octanol–water partition coefficient (Wildman–Crippen LogP) is -0.976. The Bertz CT molecular complexity index is 242. The standard InChI is InChI=1S/C9H17N3O2/c1-7-6-11(8(2)13)3-4-12(7)9(14)5-10/h7H,3-6,10H2,1-2H3/t7-/m0/s1. The summed E-state index contributed by atoms with van der Waals surface area (Å²) in [5.74, 6) is 0.0254. The second kappa shape index (κ2) is 4.41. The van der Waals surface area contributed by atoms with Crippen molar-refractivity contribution < 1.29 is 9.59 Å². The summed E-state index contributed by atoms with van der Waals surface area (Å²) in [6.07, 6.45) is 0. The SMILES string of the molecule is CC(=O)N1CCN(C(=O)CN)[C@@H](C)C1. The van der Waals surface area contributed by atoms with E-state index in [1.807, 2.05) is 6.92 Å². The van der Waals surface area contributed by atoms with E-state index in [2.05, 4.69) is 0 Å². The number of nitrogens with zero attached hydrogens (tertiary/aromatic N) is 2. The molecule has 1 fully saturated rings. The lowest BCUT2D eigenvalue weighted by molar-refractivity contribution is -0.140. The Hall–Kier alpha value is -1.10. The third kappa shape index (κ3) is 2.23. The van der Waals surface area contributed by atoms with Gasteiger partial charge in [0.05, 0.1) is 6.54 Å². The first-order chi connectivity index (χ1) is 6.56. The monoisotopic (exact) mass is 199 g/mol. The number of rotatable bonds is 1. The van der Waals surface area contributed by atoms with Gasteiger partial charge in [0.15, 0.2) is 0 Å². The van der Waals surface area contributed by atoms with Crippen LogP contribution in [0.3, 0.4) is 0 Å². The van der Waals surface area contributed by atoms with E-state index in [1.54, 1.807) is 16.7 Å². The van der Waals surface area contributed by atoms with Crippen LogP contribution in [0.15, 0.2) is 0 Å². The Morgan fingerprint density at radius 2 is 2.07 bits per heavy atom. The zero-order chi connectivity index (χ0) is 10.7. The highest BCUT2D eigenvalue weighted by Crippen LogP contribution is 2.09. The highest BCUT2D eigenvalue weighted by molar-refractivity contribution is 5.79. The van der Waals surface area contributed by atoms with E-state index < -0.39 is 0 Å². The molecule has 2 amide bonds. The van der Waals surface area contributed by atoms with Crippen molar-refractivity contribution in [2.24, 2.45) is 5.73 Å². The maximum Gasteiger partial charge on any atom is 0.236 e. The fourth-order valence-electron chi connectivity index (χ4n) is 1.73. The van der Waals surface area contributed by atoms with Crippen LogP contribution in [0, 0.1) is 0 Å². The molecular weight excluding hydrogens is 182 g/mol. The normalized spacial score (nSPS) is 22.4. The lowest BCUT2D eigenvalue weighted by Crippen LogP contribution is -2.56. The molecule has 1 heterocycles. The molecule has 0 aromatic carbocycles. The molecule has 1 rings (SSSR count). The van der Waals surface area contributed by atoms with Crippen molar-refractivity contribution in [1.82, 2.24) is 9.80 Å². The lowest BCUT2D eigenvalue weighted by Gasteiger charge is -2.39. The molecule has 0 aromatic rings. The quantitative estimate of drug-likeness (QED) is 0.590. The van der Waals surface area contributed by atoms with Gasteiger partial charge in [0.1, 0.15) is 0 Å². The zero-order valence-corrected chi connectivity index (χ0v) is 8.69. The summed E-state index contributed by atoms with van der Waals surface area (Å²) in [6, 6.07) is 0.0729. The van der Waals surface area contributed by atoms with Gasteiger partial charge in [-0.25, -0.2) is 0 Å². The van der Waals surface area contributed by atoms with E-state index in [0.717, 1.165) is 0 Å². The summed E-state index contributed by atoms with van der Waals surface area (Å²) in [5.41, 5.74) is 5.29. The van der Waals surface area contributed by atoms with Gasteiger partial charge in [-0.05, 0) is 6.92 Å². The average Bonchev–Trinajstić information content (AvgIpc) is 2.16.